The zero-order valence-electron chi connectivity index (χ0n) is 11.7. The van der Waals surface area contributed by atoms with E-state index in [-0.39, 0.29) is 10.6 Å². The number of halogens is 1. The Morgan fingerprint density at radius 3 is 2.50 bits per heavy atom. The van der Waals surface area contributed by atoms with Crippen LogP contribution in [0.1, 0.15) is 16.1 Å². The van der Waals surface area contributed by atoms with E-state index in [0.29, 0.717) is 11.5 Å². The van der Waals surface area contributed by atoms with Gasteiger partial charge in [-0.15, -0.1) is 0 Å². The second-order valence-electron chi connectivity index (χ2n) is 4.83. The Labute approximate surface area is 131 Å². The lowest BCUT2D eigenvalue weighted by atomic mass is 9.98. The lowest BCUT2D eigenvalue weighted by molar-refractivity contribution is 0.0697. The van der Waals surface area contributed by atoms with Crippen molar-refractivity contribution < 1.29 is 14.4 Å². The van der Waals surface area contributed by atoms with Crippen LogP contribution < -0.4 is 0 Å². The molecule has 0 aliphatic carbocycles. The van der Waals surface area contributed by atoms with Gasteiger partial charge < -0.3 is 9.63 Å². The lowest BCUT2D eigenvalue weighted by Crippen LogP contribution is -1.97. The zero-order chi connectivity index (χ0) is 15.7. The Balaban J connectivity index is 2.15. The van der Waals surface area contributed by atoms with E-state index in [0.717, 1.165) is 16.7 Å². The summed E-state index contributed by atoms with van der Waals surface area (Å²) in [4.78, 5) is 11.1. The van der Waals surface area contributed by atoms with Crippen LogP contribution in [0, 0.1) is 6.92 Å². The number of aromatic nitrogens is 1. The van der Waals surface area contributed by atoms with Crippen molar-refractivity contribution in [2.75, 3.05) is 0 Å². The Morgan fingerprint density at radius 2 is 1.86 bits per heavy atom. The lowest BCUT2D eigenvalue weighted by Gasteiger charge is -2.05. The van der Waals surface area contributed by atoms with E-state index in [2.05, 4.69) is 5.16 Å². The smallest absolute Gasteiger partial charge is 0.337 e. The number of carboxylic acids is 1. The summed E-state index contributed by atoms with van der Waals surface area (Å²) in [6.07, 6.45) is 0. The molecule has 0 atom stereocenters. The van der Waals surface area contributed by atoms with Gasteiger partial charge in [-0.3, -0.25) is 0 Å². The normalized spacial score (nSPS) is 10.6. The Bertz CT molecular complexity index is 840. The quantitative estimate of drug-likeness (QED) is 0.763. The van der Waals surface area contributed by atoms with Gasteiger partial charge in [0.25, 0.3) is 0 Å². The van der Waals surface area contributed by atoms with E-state index >= 15 is 0 Å². The van der Waals surface area contributed by atoms with Gasteiger partial charge in [-0.25, -0.2) is 4.79 Å². The molecule has 1 heterocycles. The first-order chi connectivity index (χ1) is 10.6. The van der Waals surface area contributed by atoms with Crippen LogP contribution in [-0.4, -0.2) is 16.2 Å². The maximum Gasteiger partial charge on any atom is 0.337 e. The number of aromatic carboxylic acids is 1. The molecule has 0 radical (unpaired) electrons. The Morgan fingerprint density at radius 1 is 1.14 bits per heavy atom. The molecule has 2 aromatic carbocycles. The molecule has 0 fully saturated rings. The van der Waals surface area contributed by atoms with Crippen molar-refractivity contribution in [2.24, 2.45) is 0 Å². The molecule has 1 aromatic heterocycles. The SMILES string of the molecule is Cc1onc(-c2ccccc2)c1-c1ccc(C(=O)O)c(Cl)c1. The maximum atomic E-state index is 11.1. The molecule has 0 aliphatic rings. The predicted octanol–water partition coefficient (Wildman–Crippen LogP) is 4.67. The first-order valence-electron chi connectivity index (χ1n) is 6.63. The van der Waals surface area contributed by atoms with Crippen molar-refractivity contribution in [3.8, 4) is 22.4 Å². The van der Waals surface area contributed by atoms with Crippen LogP contribution in [0.5, 0.6) is 0 Å². The first kappa shape index (κ1) is 14.4. The van der Waals surface area contributed by atoms with E-state index in [4.69, 9.17) is 21.2 Å². The molecule has 1 N–H and O–H groups in total. The summed E-state index contributed by atoms with van der Waals surface area (Å²) in [5, 5.41) is 13.4. The molecule has 0 spiro atoms. The number of hydrogen-bond donors (Lipinski definition) is 1. The molecular formula is C17H12ClNO3. The van der Waals surface area contributed by atoms with E-state index in [1.807, 2.05) is 37.3 Å². The average molecular weight is 314 g/mol. The van der Waals surface area contributed by atoms with Crippen LogP contribution in [0.4, 0.5) is 0 Å². The monoisotopic (exact) mass is 313 g/mol. The van der Waals surface area contributed by atoms with Gasteiger partial charge in [0.15, 0.2) is 0 Å². The minimum atomic E-state index is -1.05. The first-order valence-corrected chi connectivity index (χ1v) is 7.00. The van der Waals surface area contributed by atoms with E-state index < -0.39 is 5.97 Å². The molecule has 0 amide bonds. The molecule has 0 bridgehead atoms. The van der Waals surface area contributed by atoms with Crippen LogP contribution in [0.15, 0.2) is 53.1 Å². The Hall–Kier alpha value is -2.59. The van der Waals surface area contributed by atoms with Gasteiger partial charge in [0.1, 0.15) is 11.5 Å². The summed E-state index contributed by atoms with van der Waals surface area (Å²) < 4.78 is 5.31. The molecular weight excluding hydrogens is 302 g/mol. The number of carbonyl (C=O) groups is 1. The molecule has 110 valence electrons. The van der Waals surface area contributed by atoms with Crippen molar-refractivity contribution >= 4 is 17.6 Å². The van der Waals surface area contributed by atoms with Crippen molar-refractivity contribution in [3.63, 3.8) is 0 Å². The van der Waals surface area contributed by atoms with Gasteiger partial charge in [-0.05, 0) is 24.6 Å². The number of hydrogen-bond acceptors (Lipinski definition) is 3. The number of benzene rings is 2. The van der Waals surface area contributed by atoms with Gasteiger partial charge in [0, 0.05) is 5.56 Å². The van der Waals surface area contributed by atoms with Gasteiger partial charge in [-0.2, -0.15) is 0 Å². The molecule has 0 saturated carbocycles. The van der Waals surface area contributed by atoms with Crippen LogP contribution in [0.2, 0.25) is 5.02 Å². The van der Waals surface area contributed by atoms with Crippen LogP contribution in [0.3, 0.4) is 0 Å². The highest BCUT2D eigenvalue weighted by molar-refractivity contribution is 6.33. The van der Waals surface area contributed by atoms with Crippen molar-refractivity contribution in [1.29, 1.82) is 0 Å². The van der Waals surface area contributed by atoms with Gasteiger partial charge in [-0.1, -0.05) is 53.2 Å². The molecule has 0 unspecified atom stereocenters. The van der Waals surface area contributed by atoms with Crippen LogP contribution in [0.25, 0.3) is 22.4 Å². The summed E-state index contributed by atoms with van der Waals surface area (Å²) in [6.45, 7) is 1.81. The van der Waals surface area contributed by atoms with E-state index in [9.17, 15) is 4.79 Å². The molecule has 3 aromatic rings. The van der Waals surface area contributed by atoms with Crippen molar-refractivity contribution in [2.45, 2.75) is 6.92 Å². The van der Waals surface area contributed by atoms with Crippen molar-refractivity contribution in [1.82, 2.24) is 5.16 Å². The molecule has 5 heteroatoms. The highest BCUT2D eigenvalue weighted by atomic mass is 35.5. The van der Waals surface area contributed by atoms with E-state index in [1.165, 1.54) is 6.07 Å². The average Bonchev–Trinajstić information content (AvgIpc) is 2.89. The number of aryl methyl sites for hydroxylation is 1. The fourth-order valence-electron chi connectivity index (χ4n) is 2.35. The summed E-state index contributed by atoms with van der Waals surface area (Å²) in [6, 6.07) is 14.5. The summed E-state index contributed by atoms with van der Waals surface area (Å²) >= 11 is 6.06. The zero-order valence-corrected chi connectivity index (χ0v) is 12.5. The molecule has 22 heavy (non-hydrogen) atoms. The Kier molecular flexibility index (Phi) is 3.69. The number of nitrogens with zero attached hydrogens (tertiary/aromatic N) is 1. The topological polar surface area (TPSA) is 63.3 Å². The van der Waals surface area contributed by atoms with Crippen LogP contribution in [-0.2, 0) is 0 Å². The summed E-state index contributed by atoms with van der Waals surface area (Å²) in [5.41, 5.74) is 3.28. The van der Waals surface area contributed by atoms with Gasteiger partial charge >= 0.3 is 5.97 Å². The van der Waals surface area contributed by atoms with Gasteiger partial charge in [0.05, 0.1) is 16.1 Å². The predicted molar refractivity (Wildman–Crippen MR) is 84.1 cm³/mol. The molecule has 0 saturated heterocycles. The highest BCUT2D eigenvalue weighted by Gasteiger charge is 2.18. The second-order valence-corrected chi connectivity index (χ2v) is 5.24. The number of rotatable bonds is 3. The maximum absolute atomic E-state index is 11.1. The fourth-order valence-corrected chi connectivity index (χ4v) is 2.61. The minimum absolute atomic E-state index is 0.0702. The molecule has 3 rings (SSSR count). The molecule has 4 nitrogen and oxygen atoms in total. The largest absolute Gasteiger partial charge is 0.478 e. The summed E-state index contributed by atoms with van der Waals surface area (Å²) in [5.74, 6) is -0.403. The fraction of sp³-hybridized carbons (Fsp3) is 0.0588. The van der Waals surface area contributed by atoms with Crippen LogP contribution >= 0.6 is 11.6 Å². The highest BCUT2D eigenvalue weighted by Crippen LogP contribution is 2.35. The third-order valence-electron chi connectivity index (χ3n) is 3.40. The summed E-state index contributed by atoms with van der Waals surface area (Å²) in [7, 11) is 0. The van der Waals surface area contributed by atoms with Crippen molar-refractivity contribution in [3.05, 3.63) is 64.9 Å². The standard InChI is InChI=1S/C17H12ClNO3/c1-10-15(12-7-8-13(17(20)21)14(18)9-12)16(19-22-10)11-5-3-2-4-6-11/h2-9H,1H3,(H,20,21). The molecule has 0 aliphatic heterocycles. The third kappa shape index (κ3) is 2.49. The number of carboxylic acid groups (broad SMARTS) is 1. The third-order valence-corrected chi connectivity index (χ3v) is 3.71. The second kappa shape index (κ2) is 5.66. The van der Waals surface area contributed by atoms with E-state index in [1.54, 1.807) is 12.1 Å². The minimum Gasteiger partial charge on any atom is -0.478 e. The van der Waals surface area contributed by atoms with Gasteiger partial charge in [0.2, 0.25) is 0 Å².